The summed E-state index contributed by atoms with van der Waals surface area (Å²) in [4.78, 5) is 22.9. The van der Waals surface area contributed by atoms with Crippen molar-refractivity contribution < 1.29 is 32.3 Å². The lowest BCUT2D eigenvalue weighted by Gasteiger charge is -2.16. The van der Waals surface area contributed by atoms with E-state index in [1.54, 1.807) is 12.1 Å². The number of carbonyl (C=O) groups is 2. The summed E-state index contributed by atoms with van der Waals surface area (Å²) >= 11 is 0. The Kier molecular flexibility index (Phi) is 5.36. The van der Waals surface area contributed by atoms with E-state index < -0.39 is 35.1 Å². The molecule has 0 radical (unpaired) electrons. The van der Waals surface area contributed by atoms with Gasteiger partial charge in [-0.25, -0.2) is 9.18 Å². The first-order valence-corrected chi connectivity index (χ1v) is 8.61. The van der Waals surface area contributed by atoms with Crippen LogP contribution in [0.5, 0.6) is 0 Å². The van der Waals surface area contributed by atoms with Crippen LogP contribution in [0, 0.1) is 5.82 Å². The minimum atomic E-state index is -4.71. The Morgan fingerprint density at radius 2 is 1.72 bits per heavy atom. The third-order valence-electron chi connectivity index (χ3n) is 4.50. The van der Waals surface area contributed by atoms with Crippen molar-refractivity contribution in [3.05, 3.63) is 59.4 Å². The Bertz CT molecular complexity index is 925. The molecule has 0 spiro atoms. The van der Waals surface area contributed by atoms with Crippen molar-refractivity contribution >= 4 is 23.4 Å². The molecule has 2 aromatic carbocycles. The molecule has 1 aliphatic rings. The molecular weight excluding hydrogens is 394 g/mol. The molecule has 4 N–H and O–H groups in total. The van der Waals surface area contributed by atoms with E-state index in [-0.39, 0.29) is 12.2 Å². The van der Waals surface area contributed by atoms with Crippen LogP contribution in [-0.4, -0.2) is 22.6 Å². The van der Waals surface area contributed by atoms with Crippen molar-refractivity contribution in [1.82, 2.24) is 10.6 Å². The molecule has 2 aromatic rings. The molecular formula is C19H17F4N3O3. The molecule has 6 nitrogen and oxygen atoms in total. The quantitative estimate of drug-likeness (QED) is 0.541. The van der Waals surface area contributed by atoms with Gasteiger partial charge in [0.15, 0.2) is 0 Å². The smallest absolute Gasteiger partial charge is 0.418 e. The number of rotatable bonds is 6. The van der Waals surface area contributed by atoms with E-state index in [1.807, 2.05) is 0 Å². The Labute approximate surface area is 162 Å². The maximum Gasteiger partial charge on any atom is 0.418 e. The number of alkyl halides is 3. The van der Waals surface area contributed by atoms with E-state index in [9.17, 15) is 27.2 Å². The van der Waals surface area contributed by atoms with Crippen molar-refractivity contribution in [2.24, 2.45) is 0 Å². The molecule has 0 unspecified atom stereocenters. The van der Waals surface area contributed by atoms with Gasteiger partial charge >= 0.3 is 12.3 Å². The van der Waals surface area contributed by atoms with Crippen LogP contribution >= 0.6 is 0 Å². The Morgan fingerprint density at radius 1 is 1.07 bits per heavy atom. The van der Waals surface area contributed by atoms with Crippen LogP contribution in [0.15, 0.2) is 42.5 Å². The Balaban J connectivity index is 1.63. The zero-order chi connectivity index (χ0) is 21.2. The summed E-state index contributed by atoms with van der Waals surface area (Å²) in [6, 6.07) is 8.61. The fraction of sp³-hybridized carbons (Fsp3) is 0.263. The second-order valence-electron chi connectivity index (χ2n) is 6.70. The van der Waals surface area contributed by atoms with Crippen LogP contribution in [0.4, 0.5) is 33.7 Å². The summed E-state index contributed by atoms with van der Waals surface area (Å²) in [6.45, 7) is 0.131. The Hall–Kier alpha value is -3.30. The predicted molar refractivity (Wildman–Crippen MR) is 96.1 cm³/mol. The SMILES string of the molecule is O=C(O)NC1(C(=O)NCc2ccc(Nc3ccc(F)cc3C(F)(F)F)cc2)CC1. The highest BCUT2D eigenvalue weighted by Crippen LogP contribution is 2.37. The fourth-order valence-electron chi connectivity index (χ4n) is 2.81. The van der Waals surface area contributed by atoms with Gasteiger partial charge in [0.1, 0.15) is 11.4 Å². The molecule has 0 atom stereocenters. The van der Waals surface area contributed by atoms with Gasteiger partial charge in [0, 0.05) is 12.2 Å². The number of anilines is 2. The van der Waals surface area contributed by atoms with E-state index in [2.05, 4.69) is 16.0 Å². The highest BCUT2D eigenvalue weighted by molar-refractivity contribution is 5.92. The zero-order valence-electron chi connectivity index (χ0n) is 14.9. The first-order chi connectivity index (χ1) is 13.6. The number of amides is 2. The number of hydrogen-bond acceptors (Lipinski definition) is 3. The number of carbonyl (C=O) groups excluding carboxylic acids is 1. The van der Waals surface area contributed by atoms with E-state index in [0.717, 1.165) is 12.1 Å². The maximum atomic E-state index is 13.2. The molecule has 0 saturated heterocycles. The molecule has 29 heavy (non-hydrogen) atoms. The van der Waals surface area contributed by atoms with Crippen LogP contribution in [0.25, 0.3) is 0 Å². The summed E-state index contributed by atoms with van der Waals surface area (Å²) in [5.41, 5.74) is -1.46. The van der Waals surface area contributed by atoms with E-state index in [0.29, 0.717) is 30.2 Å². The van der Waals surface area contributed by atoms with Crippen molar-refractivity contribution in [3.63, 3.8) is 0 Å². The number of halogens is 4. The van der Waals surface area contributed by atoms with Crippen LogP contribution < -0.4 is 16.0 Å². The van der Waals surface area contributed by atoms with Gasteiger partial charge in [-0.05, 0) is 48.7 Å². The molecule has 0 aromatic heterocycles. The summed E-state index contributed by atoms with van der Waals surface area (Å²) < 4.78 is 52.4. The topological polar surface area (TPSA) is 90.5 Å². The first-order valence-electron chi connectivity index (χ1n) is 8.61. The lowest BCUT2D eigenvalue weighted by Crippen LogP contribution is -2.48. The standard InChI is InChI=1S/C19H17F4N3O3/c20-12-3-6-15(14(9-12)19(21,22)23)25-13-4-1-11(2-5-13)10-24-16(27)18(7-8-18)26-17(28)29/h1-6,9,25-26H,7-8,10H2,(H,24,27)(H,28,29). The van der Waals surface area contributed by atoms with Gasteiger partial charge in [-0.1, -0.05) is 12.1 Å². The summed E-state index contributed by atoms with van der Waals surface area (Å²) in [5.74, 6) is -1.41. The van der Waals surface area contributed by atoms with Gasteiger partial charge in [0.05, 0.1) is 11.3 Å². The largest absolute Gasteiger partial charge is 0.465 e. The molecule has 0 aliphatic heterocycles. The zero-order valence-corrected chi connectivity index (χ0v) is 14.9. The minimum absolute atomic E-state index is 0.131. The van der Waals surface area contributed by atoms with Gasteiger partial charge in [-0.15, -0.1) is 0 Å². The van der Waals surface area contributed by atoms with Gasteiger partial charge in [-0.2, -0.15) is 13.2 Å². The molecule has 1 saturated carbocycles. The highest BCUT2D eigenvalue weighted by Gasteiger charge is 2.51. The number of benzene rings is 2. The van der Waals surface area contributed by atoms with Gasteiger partial charge in [-0.3, -0.25) is 4.79 Å². The molecule has 1 fully saturated rings. The summed E-state index contributed by atoms with van der Waals surface area (Å²) in [5, 5.41) is 16.2. The third kappa shape index (κ3) is 4.95. The fourth-order valence-corrected chi connectivity index (χ4v) is 2.81. The van der Waals surface area contributed by atoms with Crippen LogP contribution in [0.3, 0.4) is 0 Å². The van der Waals surface area contributed by atoms with E-state index >= 15 is 0 Å². The maximum absolute atomic E-state index is 13.2. The second-order valence-corrected chi connectivity index (χ2v) is 6.70. The minimum Gasteiger partial charge on any atom is -0.465 e. The van der Waals surface area contributed by atoms with Crippen molar-refractivity contribution in [3.8, 4) is 0 Å². The molecule has 3 rings (SSSR count). The van der Waals surface area contributed by atoms with Gasteiger partial charge in [0.25, 0.3) is 0 Å². The number of hydrogen-bond donors (Lipinski definition) is 4. The number of carboxylic acid groups (broad SMARTS) is 1. The van der Waals surface area contributed by atoms with Crippen LogP contribution in [-0.2, 0) is 17.5 Å². The second kappa shape index (κ2) is 7.61. The highest BCUT2D eigenvalue weighted by atomic mass is 19.4. The lowest BCUT2D eigenvalue weighted by atomic mass is 10.1. The molecule has 10 heteroatoms. The van der Waals surface area contributed by atoms with Crippen molar-refractivity contribution in [2.45, 2.75) is 31.1 Å². The predicted octanol–water partition coefficient (Wildman–Crippen LogP) is 4.00. The molecule has 2 amide bonds. The van der Waals surface area contributed by atoms with Gasteiger partial charge in [0.2, 0.25) is 5.91 Å². The Morgan fingerprint density at radius 3 is 2.28 bits per heavy atom. The van der Waals surface area contributed by atoms with Crippen molar-refractivity contribution in [2.75, 3.05) is 5.32 Å². The summed E-state index contributed by atoms with van der Waals surface area (Å²) in [6.07, 6.45) is -5.13. The molecule has 0 heterocycles. The van der Waals surface area contributed by atoms with Gasteiger partial charge < -0.3 is 21.1 Å². The van der Waals surface area contributed by atoms with E-state index in [4.69, 9.17) is 5.11 Å². The average molecular weight is 411 g/mol. The lowest BCUT2D eigenvalue weighted by molar-refractivity contribution is -0.137. The van der Waals surface area contributed by atoms with Crippen LogP contribution in [0.2, 0.25) is 0 Å². The average Bonchev–Trinajstić information content (AvgIpc) is 3.41. The summed E-state index contributed by atoms with van der Waals surface area (Å²) in [7, 11) is 0. The van der Waals surface area contributed by atoms with Crippen molar-refractivity contribution in [1.29, 1.82) is 0 Å². The third-order valence-corrected chi connectivity index (χ3v) is 4.50. The number of nitrogens with one attached hydrogen (secondary N) is 3. The molecule has 154 valence electrons. The normalized spacial score (nSPS) is 14.8. The van der Waals surface area contributed by atoms with Crippen LogP contribution in [0.1, 0.15) is 24.0 Å². The molecule has 1 aliphatic carbocycles. The van der Waals surface area contributed by atoms with E-state index in [1.165, 1.54) is 12.1 Å². The monoisotopic (exact) mass is 411 g/mol. The molecule has 0 bridgehead atoms. The first kappa shape index (κ1) is 20.4.